The number of fused-ring (bicyclic) bond motifs is 1. The van der Waals surface area contributed by atoms with Crippen LogP contribution in [0.2, 0.25) is 5.02 Å². The van der Waals surface area contributed by atoms with Crippen LogP contribution in [0.25, 0.3) is 11.3 Å². The molecule has 1 aromatic heterocycles. The molecule has 1 aliphatic heterocycles. The Morgan fingerprint density at radius 1 is 1.20 bits per heavy atom. The van der Waals surface area contributed by atoms with E-state index in [9.17, 15) is 14.4 Å². The molecule has 0 bridgehead atoms. The molecule has 2 heterocycles. The highest BCUT2D eigenvalue weighted by atomic mass is 35.5. The van der Waals surface area contributed by atoms with E-state index in [1.807, 2.05) is 19.1 Å². The fraction of sp³-hybridized carbons (Fsp3) is 0.182. The number of carbonyl (C=O) groups is 3. The van der Waals surface area contributed by atoms with E-state index in [0.717, 1.165) is 11.1 Å². The molecule has 1 atom stereocenters. The third-order valence-corrected chi connectivity index (χ3v) is 5.29. The highest BCUT2D eigenvalue weighted by Crippen LogP contribution is 2.34. The lowest BCUT2D eigenvalue weighted by molar-refractivity contribution is -0.125. The first kappa shape index (κ1) is 19.8. The number of Topliss-reactive ketones (excluding diaryl/α,β-unsaturated/α-hetero) is 1. The Balaban J connectivity index is 1.68. The predicted molar refractivity (Wildman–Crippen MR) is 115 cm³/mol. The number of aromatic nitrogens is 2. The van der Waals surface area contributed by atoms with Gasteiger partial charge in [-0.3, -0.25) is 14.4 Å². The third kappa shape index (κ3) is 3.71. The normalized spacial score (nSPS) is 15.3. The number of halogens is 1. The Kier molecular flexibility index (Phi) is 5.13. The molecule has 0 spiro atoms. The summed E-state index contributed by atoms with van der Waals surface area (Å²) >= 11 is 5.97. The van der Waals surface area contributed by atoms with E-state index in [2.05, 4.69) is 15.7 Å². The van der Waals surface area contributed by atoms with E-state index in [0.29, 0.717) is 27.8 Å². The summed E-state index contributed by atoms with van der Waals surface area (Å²) in [5, 5.41) is 10.8. The van der Waals surface area contributed by atoms with Crippen LogP contribution in [0, 0.1) is 6.92 Å². The summed E-state index contributed by atoms with van der Waals surface area (Å²) in [5.41, 5.74) is 3.25. The van der Waals surface area contributed by atoms with Gasteiger partial charge < -0.3 is 10.6 Å². The van der Waals surface area contributed by atoms with Gasteiger partial charge in [0, 0.05) is 27.4 Å². The summed E-state index contributed by atoms with van der Waals surface area (Å²) in [5.74, 6) is -0.239. The first-order valence-corrected chi connectivity index (χ1v) is 9.78. The van der Waals surface area contributed by atoms with E-state index in [-0.39, 0.29) is 24.0 Å². The number of ketones is 1. The molecule has 0 saturated carbocycles. The Hall–Kier alpha value is -3.45. The van der Waals surface area contributed by atoms with Gasteiger partial charge in [0.1, 0.15) is 11.9 Å². The summed E-state index contributed by atoms with van der Waals surface area (Å²) in [6, 6.07) is 13.1. The zero-order valence-corrected chi connectivity index (χ0v) is 17.2. The monoisotopic (exact) mass is 422 g/mol. The van der Waals surface area contributed by atoms with Crippen molar-refractivity contribution in [2.45, 2.75) is 26.3 Å². The Bertz CT molecular complexity index is 1170. The van der Waals surface area contributed by atoms with Crippen LogP contribution >= 0.6 is 11.6 Å². The van der Waals surface area contributed by atoms with Gasteiger partial charge in [-0.1, -0.05) is 35.9 Å². The molecule has 152 valence electrons. The molecule has 2 aromatic carbocycles. The minimum atomic E-state index is -0.811. The van der Waals surface area contributed by atoms with E-state index < -0.39 is 6.04 Å². The number of nitrogens with one attached hydrogen (secondary N) is 2. The van der Waals surface area contributed by atoms with Gasteiger partial charge in [-0.15, -0.1) is 0 Å². The molecular formula is C22H19ClN4O3. The molecule has 0 fully saturated rings. The van der Waals surface area contributed by atoms with E-state index >= 15 is 0 Å². The molecule has 0 saturated heterocycles. The molecular weight excluding hydrogens is 404 g/mol. The van der Waals surface area contributed by atoms with Crippen molar-refractivity contribution < 1.29 is 14.4 Å². The lowest BCUT2D eigenvalue weighted by atomic mass is 10.1. The molecule has 2 amide bonds. The van der Waals surface area contributed by atoms with Crippen LogP contribution in [0.15, 0.2) is 48.5 Å². The molecule has 0 unspecified atom stereocenters. The Morgan fingerprint density at radius 2 is 1.93 bits per heavy atom. The van der Waals surface area contributed by atoms with Crippen LogP contribution in [-0.2, 0) is 9.59 Å². The number of hydrogen-bond donors (Lipinski definition) is 2. The van der Waals surface area contributed by atoms with Crippen LogP contribution < -0.4 is 10.6 Å². The van der Waals surface area contributed by atoms with Crippen molar-refractivity contribution in [1.82, 2.24) is 9.78 Å². The molecule has 8 heteroatoms. The summed E-state index contributed by atoms with van der Waals surface area (Å²) in [7, 11) is 0. The number of amides is 2. The second kappa shape index (κ2) is 7.76. The zero-order chi connectivity index (χ0) is 21.4. The average molecular weight is 423 g/mol. The van der Waals surface area contributed by atoms with Crippen molar-refractivity contribution >= 4 is 40.7 Å². The number of rotatable bonds is 4. The van der Waals surface area contributed by atoms with Crippen LogP contribution in [0.3, 0.4) is 0 Å². The second-order valence-corrected chi connectivity index (χ2v) is 7.60. The number of nitrogens with zero attached hydrogens (tertiary/aromatic N) is 2. The Morgan fingerprint density at radius 3 is 2.63 bits per heavy atom. The van der Waals surface area contributed by atoms with Gasteiger partial charge in [-0.05, 0) is 38.1 Å². The van der Waals surface area contributed by atoms with E-state index in [4.69, 9.17) is 11.6 Å². The average Bonchev–Trinajstić information content (AvgIpc) is 3.04. The molecule has 0 aliphatic carbocycles. The van der Waals surface area contributed by atoms with Crippen molar-refractivity contribution in [3.63, 3.8) is 0 Å². The van der Waals surface area contributed by atoms with Crippen molar-refractivity contribution in [2.75, 3.05) is 10.6 Å². The van der Waals surface area contributed by atoms with Crippen molar-refractivity contribution in [2.24, 2.45) is 0 Å². The maximum atomic E-state index is 13.0. The zero-order valence-electron chi connectivity index (χ0n) is 16.4. The second-order valence-electron chi connectivity index (χ2n) is 7.17. The van der Waals surface area contributed by atoms with Crippen molar-refractivity contribution in [3.05, 3.63) is 64.7 Å². The van der Waals surface area contributed by atoms with Gasteiger partial charge in [0.05, 0.1) is 12.1 Å². The molecule has 7 nitrogen and oxygen atoms in total. The van der Waals surface area contributed by atoms with E-state index in [1.165, 1.54) is 6.92 Å². The summed E-state index contributed by atoms with van der Waals surface area (Å²) in [4.78, 5) is 36.9. The quantitative estimate of drug-likeness (QED) is 0.615. The first-order chi connectivity index (χ1) is 14.3. The van der Waals surface area contributed by atoms with Crippen molar-refractivity contribution in [3.8, 4) is 11.3 Å². The van der Waals surface area contributed by atoms with Gasteiger partial charge in [-0.25, -0.2) is 4.68 Å². The molecule has 4 rings (SSSR count). The Labute approximate surface area is 178 Å². The number of carbonyl (C=O) groups excluding carboxylic acids is 3. The standard InChI is InChI=1S/C22H19ClN4O3/c1-12-20(14-6-8-16(23)9-7-14)26-27-18(11-19(29)25-21(12)27)22(30)24-17-5-3-4-15(10-17)13(2)28/h3-10,18H,11H2,1-2H3,(H,24,30)(H,25,29)/t18-/m0/s1. The third-order valence-electron chi connectivity index (χ3n) is 5.04. The van der Waals surface area contributed by atoms with Crippen molar-refractivity contribution in [1.29, 1.82) is 0 Å². The molecule has 0 radical (unpaired) electrons. The maximum absolute atomic E-state index is 13.0. The number of hydrogen-bond acceptors (Lipinski definition) is 4. The van der Waals surface area contributed by atoms with Gasteiger partial charge in [0.2, 0.25) is 11.8 Å². The molecule has 3 aromatic rings. The fourth-order valence-electron chi connectivity index (χ4n) is 3.47. The summed E-state index contributed by atoms with van der Waals surface area (Å²) in [6.45, 7) is 3.31. The minimum Gasteiger partial charge on any atom is -0.324 e. The number of benzene rings is 2. The van der Waals surface area contributed by atoms with E-state index in [1.54, 1.807) is 41.1 Å². The highest BCUT2D eigenvalue weighted by Gasteiger charge is 2.34. The van der Waals surface area contributed by atoms with Crippen LogP contribution in [0.1, 0.15) is 35.3 Å². The predicted octanol–water partition coefficient (Wildman–Crippen LogP) is 4.24. The topological polar surface area (TPSA) is 93.1 Å². The summed E-state index contributed by atoms with van der Waals surface area (Å²) < 4.78 is 1.55. The van der Waals surface area contributed by atoms with Crippen LogP contribution in [-0.4, -0.2) is 27.4 Å². The molecule has 1 aliphatic rings. The van der Waals surface area contributed by atoms with Crippen LogP contribution in [0.5, 0.6) is 0 Å². The largest absolute Gasteiger partial charge is 0.324 e. The minimum absolute atomic E-state index is 0.0353. The smallest absolute Gasteiger partial charge is 0.249 e. The van der Waals surface area contributed by atoms with Gasteiger partial charge >= 0.3 is 0 Å². The first-order valence-electron chi connectivity index (χ1n) is 9.40. The maximum Gasteiger partial charge on any atom is 0.249 e. The van der Waals surface area contributed by atoms with Gasteiger partial charge in [-0.2, -0.15) is 5.10 Å². The SMILES string of the molecule is CC(=O)c1cccc(NC(=O)[C@@H]2CC(=O)Nc3c(C)c(-c4ccc(Cl)cc4)nn32)c1. The fourth-order valence-corrected chi connectivity index (χ4v) is 3.59. The lowest BCUT2D eigenvalue weighted by Gasteiger charge is -2.24. The molecule has 30 heavy (non-hydrogen) atoms. The lowest BCUT2D eigenvalue weighted by Crippen LogP contribution is -2.36. The van der Waals surface area contributed by atoms with Crippen LogP contribution in [0.4, 0.5) is 11.5 Å². The van der Waals surface area contributed by atoms with Gasteiger partial charge in [0.15, 0.2) is 5.78 Å². The highest BCUT2D eigenvalue weighted by molar-refractivity contribution is 6.30. The number of anilines is 2. The molecule has 2 N–H and O–H groups in total. The van der Waals surface area contributed by atoms with Gasteiger partial charge in [0.25, 0.3) is 0 Å². The summed E-state index contributed by atoms with van der Waals surface area (Å²) in [6.07, 6.45) is -0.0353.